The third-order valence-corrected chi connectivity index (χ3v) is 3.76. The van der Waals surface area contributed by atoms with Crippen LogP contribution in [0.3, 0.4) is 0 Å². The smallest absolute Gasteiger partial charge is 0.146 e. The molecule has 1 heterocycles. The van der Waals surface area contributed by atoms with Crippen molar-refractivity contribution < 1.29 is 9.13 Å². The van der Waals surface area contributed by atoms with Crippen LogP contribution in [0.25, 0.3) is 0 Å². The average Bonchev–Trinajstić information content (AvgIpc) is 2.45. The molecule has 0 saturated carbocycles. The maximum atomic E-state index is 14.2. The van der Waals surface area contributed by atoms with Gasteiger partial charge in [0.2, 0.25) is 0 Å². The highest BCUT2D eigenvalue weighted by Gasteiger charge is 2.25. The Balaban J connectivity index is 2.18. The molecule has 1 aromatic carbocycles. The van der Waals surface area contributed by atoms with E-state index in [-0.39, 0.29) is 18.0 Å². The average molecular weight is 280 g/mol. The first-order valence-electron chi connectivity index (χ1n) is 7.54. The molecular weight excluding hydrogens is 255 g/mol. The van der Waals surface area contributed by atoms with Gasteiger partial charge in [-0.25, -0.2) is 4.39 Å². The molecule has 1 aliphatic heterocycles. The number of benzene rings is 1. The number of piperidine rings is 1. The molecule has 112 valence electrons. The Morgan fingerprint density at radius 2 is 2.30 bits per heavy atom. The number of anilines is 1. The summed E-state index contributed by atoms with van der Waals surface area (Å²) in [4.78, 5) is 2.10. The SMILES string of the molecule is CCCOC1CCCN(c2c(F)cccc2[C@@H](C)N)C1. The summed E-state index contributed by atoms with van der Waals surface area (Å²) in [7, 11) is 0. The number of hydrogen-bond acceptors (Lipinski definition) is 3. The van der Waals surface area contributed by atoms with Crippen molar-refractivity contribution in [2.75, 3.05) is 24.6 Å². The maximum Gasteiger partial charge on any atom is 0.146 e. The summed E-state index contributed by atoms with van der Waals surface area (Å²) in [6, 6.07) is 4.99. The van der Waals surface area contributed by atoms with Crippen molar-refractivity contribution in [3.8, 4) is 0 Å². The summed E-state index contributed by atoms with van der Waals surface area (Å²) in [6.45, 7) is 6.39. The van der Waals surface area contributed by atoms with Crippen molar-refractivity contribution >= 4 is 5.69 Å². The Bertz CT molecular complexity index is 436. The molecule has 1 aliphatic rings. The number of nitrogens with two attached hydrogens (primary N) is 1. The second kappa shape index (κ2) is 7.04. The molecule has 1 unspecified atom stereocenters. The molecular formula is C16H25FN2O. The van der Waals surface area contributed by atoms with Crippen molar-refractivity contribution in [2.45, 2.75) is 45.3 Å². The molecule has 1 aromatic rings. The minimum absolute atomic E-state index is 0.169. The third kappa shape index (κ3) is 3.49. The van der Waals surface area contributed by atoms with E-state index in [1.165, 1.54) is 6.07 Å². The van der Waals surface area contributed by atoms with E-state index in [4.69, 9.17) is 10.5 Å². The summed E-state index contributed by atoms with van der Waals surface area (Å²) >= 11 is 0. The predicted octanol–water partition coefficient (Wildman–Crippen LogP) is 3.24. The molecule has 4 heteroatoms. The molecule has 0 spiro atoms. The standard InChI is InChI=1S/C16H25FN2O/c1-3-10-20-13-6-5-9-19(11-13)16-14(12(2)18)7-4-8-15(16)17/h4,7-8,12-13H,3,5-6,9-11,18H2,1-2H3/t12-,13?/m1/s1. The highest BCUT2D eigenvalue weighted by molar-refractivity contribution is 5.56. The summed E-state index contributed by atoms with van der Waals surface area (Å²) in [5.74, 6) is -0.184. The van der Waals surface area contributed by atoms with Crippen LogP contribution in [-0.2, 0) is 4.74 Å². The molecule has 2 atom stereocenters. The first kappa shape index (κ1) is 15.3. The highest BCUT2D eigenvalue weighted by atomic mass is 19.1. The van der Waals surface area contributed by atoms with Gasteiger partial charge in [0.1, 0.15) is 5.82 Å². The van der Waals surface area contributed by atoms with E-state index in [9.17, 15) is 4.39 Å². The van der Waals surface area contributed by atoms with E-state index < -0.39 is 0 Å². The number of rotatable bonds is 5. The fraction of sp³-hybridized carbons (Fsp3) is 0.625. The predicted molar refractivity (Wildman–Crippen MR) is 80.5 cm³/mol. The summed E-state index contributed by atoms with van der Waals surface area (Å²) in [5, 5.41) is 0. The van der Waals surface area contributed by atoms with Gasteiger partial charge in [-0.15, -0.1) is 0 Å². The van der Waals surface area contributed by atoms with Gasteiger partial charge in [-0.2, -0.15) is 0 Å². The summed E-state index contributed by atoms with van der Waals surface area (Å²) < 4.78 is 20.1. The quantitative estimate of drug-likeness (QED) is 0.900. The fourth-order valence-corrected chi connectivity index (χ4v) is 2.79. The van der Waals surface area contributed by atoms with Gasteiger partial charge in [0.25, 0.3) is 0 Å². The normalized spacial score (nSPS) is 21.0. The lowest BCUT2D eigenvalue weighted by atomic mass is 10.0. The molecule has 2 rings (SSSR count). The second-order valence-electron chi connectivity index (χ2n) is 5.55. The van der Waals surface area contributed by atoms with E-state index in [0.29, 0.717) is 5.69 Å². The van der Waals surface area contributed by atoms with Crippen LogP contribution in [0.2, 0.25) is 0 Å². The Morgan fingerprint density at radius 3 is 3.00 bits per heavy atom. The van der Waals surface area contributed by atoms with E-state index in [1.807, 2.05) is 13.0 Å². The van der Waals surface area contributed by atoms with Crippen LogP contribution in [0.5, 0.6) is 0 Å². The minimum atomic E-state index is -0.184. The summed E-state index contributed by atoms with van der Waals surface area (Å²) in [6.07, 6.45) is 3.30. The van der Waals surface area contributed by atoms with E-state index in [1.54, 1.807) is 6.07 Å². The van der Waals surface area contributed by atoms with Crippen LogP contribution >= 0.6 is 0 Å². The summed E-state index contributed by atoms with van der Waals surface area (Å²) in [5.41, 5.74) is 7.52. The Labute approximate surface area is 120 Å². The Hall–Kier alpha value is -1.13. The molecule has 0 aromatic heterocycles. The monoisotopic (exact) mass is 280 g/mol. The van der Waals surface area contributed by atoms with E-state index >= 15 is 0 Å². The molecule has 3 nitrogen and oxygen atoms in total. The topological polar surface area (TPSA) is 38.5 Å². The minimum Gasteiger partial charge on any atom is -0.376 e. The van der Waals surface area contributed by atoms with Crippen LogP contribution in [0, 0.1) is 5.82 Å². The zero-order valence-corrected chi connectivity index (χ0v) is 12.4. The lowest BCUT2D eigenvalue weighted by molar-refractivity contribution is 0.0439. The van der Waals surface area contributed by atoms with Gasteiger partial charge < -0.3 is 15.4 Å². The number of ether oxygens (including phenoxy) is 1. The molecule has 20 heavy (non-hydrogen) atoms. The van der Waals surface area contributed by atoms with Crippen molar-refractivity contribution in [2.24, 2.45) is 5.73 Å². The van der Waals surface area contributed by atoms with Crippen LogP contribution in [0.1, 0.15) is 44.7 Å². The first-order valence-corrected chi connectivity index (χ1v) is 7.54. The van der Waals surface area contributed by atoms with E-state index in [0.717, 1.165) is 44.5 Å². The van der Waals surface area contributed by atoms with Gasteiger partial charge in [-0.05, 0) is 37.8 Å². The molecule has 2 N–H and O–H groups in total. The fourth-order valence-electron chi connectivity index (χ4n) is 2.79. The zero-order chi connectivity index (χ0) is 14.5. The molecule has 0 bridgehead atoms. The van der Waals surface area contributed by atoms with Crippen molar-refractivity contribution in [1.29, 1.82) is 0 Å². The van der Waals surface area contributed by atoms with Gasteiger partial charge >= 0.3 is 0 Å². The van der Waals surface area contributed by atoms with Crippen molar-refractivity contribution in [3.63, 3.8) is 0 Å². The number of nitrogens with zero attached hydrogens (tertiary/aromatic N) is 1. The zero-order valence-electron chi connectivity index (χ0n) is 12.4. The Kier molecular flexibility index (Phi) is 5.38. The number of halogens is 1. The van der Waals surface area contributed by atoms with E-state index in [2.05, 4.69) is 11.8 Å². The van der Waals surface area contributed by atoms with Crippen LogP contribution in [-0.4, -0.2) is 25.8 Å². The lowest BCUT2D eigenvalue weighted by Crippen LogP contribution is -2.41. The molecule has 0 amide bonds. The van der Waals surface area contributed by atoms with Crippen LogP contribution < -0.4 is 10.6 Å². The molecule has 0 radical (unpaired) electrons. The maximum absolute atomic E-state index is 14.2. The van der Waals surface area contributed by atoms with Gasteiger partial charge in [-0.3, -0.25) is 0 Å². The van der Waals surface area contributed by atoms with Crippen LogP contribution in [0.15, 0.2) is 18.2 Å². The molecule has 1 saturated heterocycles. The van der Waals surface area contributed by atoms with Crippen molar-refractivity contribution in [1.82, 2.24) is 0 Å². The number of hydrogen-bond donors (Lipinski definition) is 1. The largest absolute Gasteiger partial charge is 0.376 e. The van der Waals surface area contributed by atoms with Gasteiger partial charge in [-0.1, -0.05) is 19.1 Å². The third-order valence-electron chi connectivity index (χ3n) is 3.76. The Morgan fingerprint density at radius 1 is 1.50 bits per heavy atom. The number of para-hydroxylation sites is 1. The van der Waals surface area contributed by atoms with Gasteiger partial charge in [0.15, 0.2) is 0 Å². The lowest BCUT2D eigenvalue weighted by Gasteiger charge is -2.36. The molecule has 1 fully saturated rings. The van der Waals surface area contributed by atoms with Crippen molar-refractivity contribution in [3.05, 3.63) is 29.6 Å². The highest BCUT2D eigenvalue weighted by Crippen LogP contribution is 2.31. The second-order valence-corrected chi connectivity index (χ2v) is 5.55. The first-order chi connectivity index (χ1) is 9.63. The van der Waals surface area contributed by atoms with Gasteiger partial charge in [0, 0.05) is 25.7 Å². The van der Waals surface area contributed by atoms with Crippen LogP contribution in [0.4, 0.5) is 10.1 Å². The molecule has 0 aliphatic carbocycles. The van der Waals surface area contributed by atoms with Gasteiger partial charge in [0.05, 0.1) is 11.8 Å².